The number of rotatable bonds is 3. The van der Waals surface area contributed by atoms with E-state index in [9.17, 15) is 9.18 Å². The van der Waals surface area contributed by atoms with Crippen molar-refractivity contribution in [2.75, 3.05) is 6.54 Å². The van der Waals surface area contributed by atoms with Gasteiger partial charge in [0.25, 0.3) is 5.91 Å². The van der Waals surface area contributed by atoms with Crippen molar-refractivity contribution >= 4 is 16.9 Å². The van der Waals surface area contributed by atoms with Gasteiger partial charge in [0.05, 0.1) is 6.26 Å². The number of hydrogen-bond acceptors (Lipinski definition) is 2. The summed E-state index contributed by atoms with van der Waals surface area (Å²) < 4.78 is 17.8. The number of halogens is 1. The van der Waals surface area contributed by atoms with Crippen molar-refractivity contribution in [3.63, 3.8) is 0 Å². The summed E-state index contributed by atoms with van der Waals surface area (Å²) in [7, 11) is 0. The topological polar surface area (TPSA) is 42.2 Å². The zero-order valence-electron chi connectivity index (χ0n) is 9.86. The molecule has 1 N–H and O–H groups in total. The highest BCUT2D eigenvalue weighted by Crippen LogP contribution is 2.29. The van der Waals surface area contributed by atoms with Crippen molar-refractivity contribution in [3.8, 4) is 0 Å². The maximum Gasteiger partial charge on any atom is 0.251 e. The lowest BCUT2D eigenvalue weighted by molar-refractivity contribution is 0.0896. The predicted molar refractivity (Wildman–Crippen MR) is 66.2 cm³/mol. The van der Waals surface area contributed by atoms with E-state index in [0.717, 1.165) is 11.0 Å². The van der Waals surface area contributed by atoms with E-state index < -0.39 is 6.17 Å². The molecule has 1 fully saturated rings. The fourth-order valence-electron chi connectivity index (χ4n) is 2.27. The Morgan fingerprint density at radius 2 is 2.22 bits per heavy atom. The van der Waals surface area contributed by atoms with Gasteiger partial charge in [0.15, 0.2) is 0 Å². The molecule has 0 bridgehead atoms. The number of amides is 1. The van der Waals surface area contributed by atoms with Crippen LogP contribution < -0.4 is 5.32 Å². The van der Waals surface area contributed by atoms with Crippen molar-refractivity contribution in [2.24, 2.45) is 5.92 Å². The van der Waals surface area contributed by atoms with Crippen LogP contribution in [0.1, 0.15) is 23.2 Å². The lowest BCUT2D eigenvalue weighted by atomic mass is 9.83. The average Bonchev–Trinajstić information content (AvgIpc) is 2.79. The fourth-order valence-corrected chi connectivity index (χ4v) is 2.27. The second-order valence-corrected chi connectivity index (χ2v) is 4.82. The molecule has 4 heteroatoms. The van der Waals surface area contributed by atoms with Crippen LogP contribution in [0.5, 0.6) is 0 Å². The van der Waals surface area contributed by atoms with Crippen molar-refractivity contribution in [3.05, 3.63) is 36.1 Å². The van der Waals surface area contributed by atoms with E-state index in [0.29, 0.717) is 30.9 Å². The Bertz CT molecular complexity index is 572. The zero-order valence-corrected chi connectivity index (χ0v) is 9.86. The Morgan fingerprint density at radius 3 is 3.00 bits per heavy atom. The van der Waals surface area contributed by atoms with Gasteiger partial charge in [0.2, 0.25) is 0 Å². The zero-order chi connectivity index (χ0) is 12.5. The third-order valence-electron chi connectivity index (χ3n) is 3.44. The van der Waals surface area contributed by atoms with E-state index in [4.69, 9.17) is 4.42 Å². The molecule has 1 amide bonds. The van der Waals surface area contributed by atoms with Gasteiger partial charge in [0, 0.05) is 17.5 Å². The summed E-state index contributed by atoms with van der Waals surface area (Å²) in [6.07, 6.45) is 2.07. The molecule has 0 saturated heterocycles. The quantitative estimate of drug-likeness (QED) is 0.906. The standard InChI is InChI=1S/C14H14FNO2/c15-12-5-9(6-12)8-16-14(17)11-1-2-13-10(7-11)3-4-18-13/h1-4,7,9,12H,5-6,8H2,(H,16,17). The molecule has 0 unspecified atom stereocenters. The van der Waals surface area contributed by atoms with Crippen LogP contribution in [0.15, 0.2) is 34.9 Å². The number of furan rings is 1. The monoisotopic (exact) mass is 247 g/mol. The third kappa shape index (κ3) is 2.10. The Labute approximate surface area is 104 Å². The van der Waals surface area contributed by atoms with E-state index in [-0.39, 0.29) is 5.91 Å². The first-order chi connectivity index (χ1) is 8.72. The number of benzene rings is 1. The van der Waals surface area contributed by atoms with Gasteiger partial charge in [-0.15, -0.1) is 0 Å². The molecule has 1 aromatic heterocycles. The van der Waals surface area contributed by atoms with Crippen molar-refractivity contribution in [1.29, 1.82) is 0 Å². The smallest absolute Gasteiger partial charge is 0.251 e. The van der Waals surface area contributed by atoms with Crippen LogP contribution >= 0.6 is 0 Å². The molecule has 1 saturated carbocycles. The Balaban J connectivity index is 1.64. The highest BCUT2D eigenvalue weighted by Gasteiger charge is 2.28. The van der Waals surface area contributed by atoms with Gasteiger partial charge in [-0.25, -0.2) is 4.39 Å². The highest BCUT2D eigenvalue weighted by molar-refractivity contribution is 5.97. The predicted octanol–water partition coefficient (Wildman–Crippen LogP) is 2.91. The number of hydrogen-bond donors (Lipinski definition) is 1. The van der Waals surface area contributed by atoms with E-state index in [1.165, 1.54) is 0 Å². The minimum atomic E-state index is -0.672. The molecule has 0 radical (unpaired) electrons. The first-order valence-corrected chi connectivity index (χ1v) is 6.12. The number of carbonyl (C=O) groups excluding carboxylic acids is 1. The summed E-state index contributed by atoms with van der Waals surface area (Å²) in [6, 6.07) is 7.14. The average molecular weight is 247 g/mol. The Morgan fingerprint density at radius 1 is 1.39 bits per heavy atom. The molecule has 2 aromatic rings. The summed E-state index contributed by atoms with van der Waals surface area (Å²) in [5.74, 6) is 0.182. The van der Waals surface area contributed by atoms with Gasteiger partial charge in [0.1, 0.15) is 11.8 Å². The van der Waals surface area contributed by atoms with Crippen LogP contribution in [0.2, 0.25) is 0 Å². The second kappa shape index (κ2) is 4.44. The third-order valence-corrected chi connectivity index (χ3v) is 3.44. The number of nitrogens with one attached hydrogen (secondary N) is 1. The van der Waals surface area contributed by atoms with Crippen molar-refractivity contribution in [1.82, 2.24) is 5.32 Å². The molecular weight excluding hydrogens is 233 g/mol. The maximum atomic E-state index is 12.6. The number of fused-ring (bicyclic) bond motifs is 1. The van der Waals surface area contributed by atoms with Gasteiger partial charge in [-0.05, 0) is 43.0 Å². The molecular formula is C14H14FNO2. The normalized spacial score (nSPS) is 22.7. The molecule has 0 aliphatic heterocycles. The first kappa shape index (κ1) is 11.3. The first-order valence-electron chi connectivity index (χ1n) is 6.12. The van der Waals surface area contributed by atoms with Crippen LogP contribution in [-0.4, -0.2) is 18.6 Å². The minimum absolute atomic E-state index is 0.111. The molecule has 1 heterocycles. The van der Waals surface area contributed by atoms with E-state index in [1.807, 2.05) is 6.07 Å². The Kier molecular flexibility index (Phi) is 2.78. The van der Waals surface area contributed by atoms with Gasteiger partial charge in [-0.3, -0.25) is 4.79 Å². The van der Waals surface area contributed by atoms with E-state index in [1.54, 1.807) is 24.5 Å². The molecule has 1 aliphatic carbocycles. The largest absolute Gasteiger partial charge is 0.464 e. The summed E-state index contributed by atoms with van der Waals surface area (Å²) in [5, 5.41) is 3.75. The van der Waals surface area contributed by atoms with Crippen molar-refractivity contribution < 1.29 is 13.6 Å². The maximum absolute atomic E-state index is 12.6. The van der Waals surface area contributed by atoms with E-state index in [2.05, 4.69) is 5.32 Å². The molecule has 3 rings (SSSR count). The summed E-state index contributed by atoms with van der Waals surface area (Å²) in [5.41, 5.74) is 1.38. The molecule has 1 aliphatic rings. The molecule has 94 valence electrons. The number of alkyl halides is 1. The molecule has 18 heavy (non-hydrogen) atoms. The molecule has 0 atom stereocenters. The van der Waals surface area contributed by atoms with Crippen LogP contribution in [0.3, 0.4) is 0 Å². The SMILES string of the molecule is O=C(NCC1CC(F)C1)c1ccc2occc2c1. The lowest BCUT2D eigenvalue weighted by Gasteiger charge is -2.29. The van der Waals surface area contributed by atoms with Gasteiger partial charge in [-0.2, -0.15) is 0 Å². The molecule has 1 aromatic carbocycles. The lowest BCUT2D eigenvalue weighted by Crippen LogP contribution is -2.36. The Hall–Kier alpha value is -1.84. The summed E-state index contributed by atoms with van der Waals surface area (Å²) >= 11 is 0. The highest BCUT2D eigenvalue weighted by atomic mass is 19.1. The second-order valence-electron chi connectivity index (χ2n) is 4.82. The van der Waals surface area contributed by atoms with Crippen molar-refractivity contribution in [2.45, 2.75) is 19.0 Å². The molecule has 3 nitrogen and oxygen atoms in total. The van der Waals surface area contributed by atoms with Gasteiger partial charge < -0.3 is 9.73 Å². The molecule has 0 spiro atoms. The van der Waals surface area contributed by atoms with Crippen LogP contribution in [0, 0.1) is 5.92 Å². The summed E-state index contributed by atoms with van der Waals surface area (Å²) in [4.78, 5) is 11.9. The fraction of sp³-hybridized carbons (Fsp3) is 0.357. The summed E-state index contributed by atoms with van der Waals surface area (Å²) in [6.45, 7) is 0.558. The number of carbonyl (C=O) groups is 1. The van der Waals surface area contributed by atoms with Gasteiger partial charge >= 0.3 is 0 Å². The van der Waals surface area contributed by atoms with Crippen LogP contribution in [0.4, 0.5) is 4.39 Å². The van der Waals surface area contributed by atoms with Crippen LogP contribution in [0.25, 0.3) is 11.0 Å². The van der Waals surface area contributed by atoms with Crippen LogP contribution in [-0.2, 0) is 0 Å². The van der Waals surface area contributed by atoms with E-state index >= 15 is 0 Å². The van der Waals surface area contributed by atoms with Gasteiger partial charge in [-0.1, -0.05) is 0 Å². The minimum Gasteiger partial charge on any atom is -0.464 e.